The van der Waals surface area contributed by atoms with E-state index in [2.05, 4.69) is 0 Å². The van der Waals surface area contributed by atoms with E-state index in [0.29, 0.717) is 5.56 Å². The molecule has 0 spiro atoms. The molecule has 1 heterocycles. The topological polar surface area (TPSA) is 110 Å². The zero-order chi connectivity index (χ0) is 15.1. The number of phenols is 4. The molecular weight excluding hydrogens is 276 g/mol. The van der Waals surface area contributed by atoms with Gasteiger partial charge < -0.3 is 30.3 Å². The first-order chi connectivity index (χ1) is 9.95. The highest BCUT2D eigenvalue weighted by molar-refractivity contribution is 5.52. The minimum absolute atomic E-state index is 0.0665. The first-order valence-corrected chi connectivity index (χ1v) is 6.37. The number of aliphatic hydroxyl groups is 1. The molecule has 2 atom stereocenters. The molecule has 0 saturated heterocycles. The highest BCUT2D eigenvalue weighted by atomic mass is 16.5. The van der Waals surface area contributed by atoms with Gasteiger partial charge in [0.25, 0.3) is 0 Å². The lowest BCUT2D eigenvalue weighted by Crippen LogP contribution is -2.30. The summed E-state index contributed by atoms with van der Waals surface area (Å²) in [4.78, 5) is 0. The Kier molecular flexibility index (Phi) is 3.03. The van der Waals surface area contributed by atoms with Gasteiger partial charge in [-0.05, 0) is 18.2 Å². The summed E-state index contributed by atoms with van der Waals surface area (Å²) in [7, 11) is 0. The molecule has 2 aromatic rings. The Labute approximate surface area is 120 Å². The molecule has 0 aliphatic carbocycles. The van der Waals surface area contributed by atoms with Crippen LogP contribution in [0.1, 0.15) is 17.2 Å². The number of phenolic OH excluding ortho intramolecular Hbond substituents is 4. The lowest BCUT2D eigenvalue weighted by atomic mass is 9.93. The van der Waals surface area contributed by atoms with Crippen LogP contribution in [0.25, 0.3) is 0 Å². The fraction of sp³-hybridized carbons (Fsp3) is 0.200. The number of aliphatic hydroxyl groups excluding tert-OH is 1. The zero-order valence-corrected chi connectivity index (χ0v) is 10.9. The fourth-order valence-electron chi connectivity index (χ4n) is 2.50. The average Bonchev–Trinajstić information content (AvgIpc) is 2.42. The molecule has 0 aromatic heterocycles. The summed E-state index contributed by atoms with van der Waals surface area (Å²) >= 11 is 0. The van der Waals surface area contributed by atoms with Gasteiger partial charge in [-0.2, -0.15) is 0 Å². The molecule has 0 amide bonds. The van der Waals surface area contributed by atoms with Gasteiger partial charge in [-0.3, -0.25) is 0 Å². The maximum absolute atomic E-state index is 10.2. The molecule has 6 heteroatoms. The lowest BCUT2D eigenvalue weighted by Gasteiger charge is -2.31. The van der Waals surface area contributed by atoms with Crippen molar-refractivity contribution in [2.75, 3.05) is 0 Å². The Morgan fingerprint density at radius 3 is 2.43 bits per heavy atom. The second-order valence-corrected chi connectivity index (χ2v) is 4.99. The van der Waals surface area contributed by atoms with Crippen LogP contribution in [-0.2, 0) is 6.42 Å². The summed E-state index contributed by atoms with van der Waals surface area (Å²) in [5, 5.41) is 48.8. The van der Waals surface area contributed by atoms with Gasteiger partial charge in [-0.25, -0.2) is 0 Å². The van der Waals surface area contributed by atoms with Gasteiger partial charge in [0.1, 0.15) is 28.7 Å². The maximum atomic E-state index is 10.2. The van der Waals surface area contributed by atoms with Gasteiger partial charge in [-0.15, -0.1) is 0 Å². The van der Waals surface area contributed by atoms with Crippen LogP contribution < -0.4 is 4.74 Å². The van der Waals surface area contributed by atoms with Gasteiger partial charge in [0.15, 0.2) is 6.10 Å². The van der Waals surface area contributed by atoms with Crippen LogP contribution in [0, 0.1) is 0 Å². The maximum Gasteiger partial charge on any atom is 0.154 e. The monoisotopic (exact) mass is 290 g/mol. The fourth-order valence-corrected chi connectivity index (χ4v) is 2.50. The Balaban J connectivity index is 2.04. The lowest BCUT2D eigenvalue weighted by molar-refractivity contribution is 0.0184. The second-order valence-electron chi connectivity index (χ2n) is 4.99. The summed E-state index contributed by atoms with van der Waals surface area (Å²) < 4.78 is 5.59. The van der Waals surface area contributed by atoms with Crippen LogP contribution in [-0.4, -0.2) is 31.6 Å². The Bertz CT molecular complexity index is 697. The predicted molar refractivity (Wildman–Crippen MR) is 72.6 cm³/mol. The van der Waals surface area contributed by atoms with Crippen molar-refractivity contribution in [2.24, 2.45) is 0 Å². The summed E-state index contributed by atoms with van der Waals surface area (Å²) in [6, 6.07) is 6.42. The van der Waals surface area contributed by atoms with Gasteiger partial charge in [0.05, 0.1) is 6.10 Å². The van der Waals surface area contributed by atoms with Crippen molar-refractivity contribution < 1.29 is 30.3 Å². The van der Waals surface area contributed by atoms with E-state index < -0.39 is 12.2 Å². The van der Waals surface area contributed by atoms with Crippen LogP contribution in [0.3, 0.4) is 0 Å². The third-order valence-electron chi connectivity index (χ3n) is 3.50. The van der Waals surface area contributed by atoms with E-state index in [1.807, 2.05) is 0 Å². The molecule has 2 aromatic carbocycles. The van der Waals surface area contributed by atoms with Crippen molar-refractivity contribution in [1.29, 1.82) is 0 Å². The van der Waals surface area contributed by atoms with E-state index in [1.54, 1.807) is 0 Å². The average molecular weight is 290 g/mol. The standard InChI is InChI=1S/C15H14O6/c16-7-1-2-11(18)10(3-7)15-13(20)6-9-12(19)4-8(17)5-14(9)21-15/h1-5,13,15-20H,6H2/t13-,15-/m1/s1. The van der Waals surface area contributed by atoms with Crippen LogP contribution in [0.15, 0.2) is 30.3 Å². The molecule has 0 fully saturated rings. The van der Waals surface area contributed by atoms with Crippen molar-refractivity contribution in [3.63, 3.8) is 0 Å². The number of rotatable bonds is 1. The molecule has 3 rings (SSSR count). The molecule has 0 bridgehead atoms. The van der Waals surface area contributed by atoms with E-state index in [4.69, 9.17) is 4.74 Å². The quantitative estimate of drug-likeness (QED) is 0.510. The molecule has 0 saturated carbocycles. The predicted octanol–water partition coefficient (Wildman–Crippen LogP) is 1.55. The molecule has 6 nitrogen and oxygen atoms in total. The molecule has 110 valence electrons. The SMILES string of the molecule is Oc1cc(O)c2c(c1)O[C@H](c1cc(O)ccc1O)[C@H](O)C2. The van der Waals surface area contributed by atoms with Gasteiger partial charge in [-0.1, -0.05) is 0 Å². The van der Waals surface area contributed by atoms with Crippen molar-refractivity contribution in [3.05, 3.63) is 41.5 Å². The van der Waals surface area contributed by atoms with Gasteiger partial charge >= 0.3 is 0 Å². The van der Waals surface area contributed by atoms with E-state index in [1.165, 1.54) is 30.3 Å². The molecule has 1 aliphatic heterocycles. The largest absolute Gasteiger partial charge is 0.508 e. The van der Waals surface area contributed by atoms with Crippen molar-refractivity contribution in [2.45, 2.75) is 18.6 Å². The highest BCUT2D eigenvalue weighted by Crippen LogP contribution is 2.43. The van der Waals surface area contributed by atoms with Crippen LogP contribution in [0.5, 0.6) is 28.7 Å². The Hall–Kier alpha value is -2.60. The molecule has 0 radical (unpaired) electrons. The number of hydrogen-bond acceptors (Lipinski definition) is 6. The molecule has 1 aliphatic rings. The third kappa shape index (κ3) is 2.30. The first-order valence-electron chi connectivity index (χ1n) is 6.37. The Morgan fingerprint density at radius 2 is 1.67 bits per heavy atom. The normalized spacial score (nSPS) is 20.6. The van der Waals surface area contributed by atoms with E-state index >= 15 is 0 Å². The minimum atomic E-state index is -1.01. The van der Waals surface area contributed by atoms with E-state index in [9.17, 15) is 25.5 Å². The third-order valence-corrected chi connectivity index (χ3v) is 3.50. The summed E-state index contributed by atoms with van der Waals surface area (Å²) in [6.45, 7) is 0. The molecule has 21 heavy (non-hydrogen) atoms. The number of benzene rings is 2. The minimum Gasteiger partial charge on any atom is -0.508 e. The van der Waals surface area contributed by atoms with E-state index in [-0.39, 0.29) is 40.7 Å². The molecular formula is C15H14O6. The highest BCUT2D eigenvalue weighted by Gasteiger charge is 2.33. The number of aromatic hydroxyl groups is 4. The van der Waals surface area contributed by atoms with Crippen molar-refractivity contribution >= 4 is 0 Å². The number of fused-ring (bicyclic) bond motifs is 1. The number of ether oxygens (including phenoxy) is 1. The van der Waals surface area contributed by atoms with Crippen LogP contribution in [0.4, 0.5) is 0 Å². The molecule has 0 unspecified atom stereocenters. The van der Waals surface area contributed by atoms with Crippen LogP contribution in [0.2, 0.25) is 0 Å². The number of hydrogen-bond donors (Lipinski definition) is 5. The molecule has 5 N–H and O–H groups in total. The zero-order valence-electron chi connectivity index (χ0n) is 10.9. The van der Waals surface area contributed by atoms with E-state index in [0.717, 1.165) is 0 Å². The Morgan fingerprint density at radius 1 is 0.905 bits per heavy atom. The summed E-state index contributed by atoms with van der Waals surface area (Å²) in [5.74, 6) is -0.289. The second kappa shape index (κ2) is 4.75. The van der Waals surface area contributed by atoms with Gasteiger partial charge in [0, 0.05) is 29.7 Å². The van der Waals surface area contributed by atoms with Crippen molar-refractivity contribution in [1.82, 2.24) is 0 Å². The summed E-state index contributed by atoms with van der Waals surface area (Å²) in [5.41, 5.74) is 0.618. The van der Waals surface area contributed by atoms with Gasteiger partial charge in [0.2, 0.25) is 0 Å². The van der Waals surface area contributed by atoms with Crippen molar-refractivity contribution in [3.8, 4) is 28.7 Å². The smallest absolute Gasteiger partial charge is 0.154 e. The summed E-state index contributed by atoms with van der Waals surface area (Å²) in [6.07, 6.45) is -1.83. The van der Waals surface area contributed by atoms with Crippen LogP contribution >= 0.6 is 0 Å². The first kappa shape index (κ1) is 13.4.